The lowest BCUT2D eigenvalue weighted by Gasteiger charge is -2.19. The highest BCUT2D eigenvalue weighted by Crippen LogP contribution is 2.25. The van der Waals surface area contributed by atoms with Crippen LogP contribution in [0, 0.1) is 0 Å². The second kappa shape index (κ2) is 8.33. The lowest BCUT2D eigenvalue weighted by molar-refractivity contribution is -0.148. The van der Waals surface area contributed by atoms with Crippen molar-refractivity contribution in [2.75, 3.05) is 6.61 Å². The number of hydrogen-bond acceptors (Lipinski definition) is 6. The Morgan fingerprint density at radius 2 is 1.91 bits per heavy atom. The molecule has 23 heavy (non-hydrogen) atoms. The molecule has 6 heteroatoms. The van der Waals surface area contributed by atoms with Gasteiger partial charge in [-0.2, -0.15) is 0 Å². The summed E-state index contributed by atoms with van der Waals surface area (Å²) >= 11 is 0. The maximum atomic E-state index is 12.2. The first-order valence-corrected chi connectivity index (χ1v) is 7.30. The van der Waals surface area contributed by atoms with Crippen molar-refractivity contribution in [2.24, 2.45) is 0 Å². The van der Waals surface area contributed by atoms with Crippen molar-refractivity contribution < 1.29 is 29.3 Å². The summed E-state index contributed by atoms with van der Waals surface area (Å²) in [5.74, 6) is -1.51. The molecule has 0 saturated carbocycles. The van der Waals surface area contributed by atoms with E-state index in [0.29, 0.717) is 12.0 Å². The Kier molecular flexibility index (Phi) is 6.78. The fourth-order valence-electron chi connectivity index (χ4n) is 1.73. The normalized spacial score (nSPS) is 13.2. The van der Waals surface area contributed by atoms with E-state index in [1.165, 1.54) is 18.2 Å². The number of benzene rings is 1. The molecule has 126 valence electrons. The zero-order chi connectivity index (χ0) is 17.6. The minimum Gasteiger partial charge on any atom is -0.504 e. The molecule has 2 N–H and O–H groups in total. The third kappa shape index (κ3) is 5.41. The van der Waals surface area contributed by atoms with Crippen molar-refractivity contribution in [3.63, 3.8) is 0 Å². The molecule has 0 bridgehead atoms. The van der Waals surface area contributed by atoms with Gasteiger partial charge in [-0.25, -0.2) is 4.79 Å². The smallest absolute Gasteiger partial charge is 0.333 e. The van der Waals surface area contributed by atoms with Crippen molar-refractivity contribution in [2.45, 2.75) is 39.4 Å². The molecule has 0 aromatic heterocycles. The Morgan fingerprint density at radius 1 is 1.26 bits per heavy atom. The number of aromatic hydroxyl groups is 2. The first-order chi connectivity index (χ1) is 10.8. The molecule has 0 heterocycles. The molecule has 1 aromatic carbocycles. The minimum absolute atomic E-state index is 0.0759. The zero-order valence-corrected chi connectivity index (χ0v) is 13.5. The predicted octanol–water partition coefficient (Wildman–Crippen LogP) is 2.58. The van der Waals surface area contributed by atoms with Crippen LogP contribution < -0.4 is 0 Å². The number of hydrogen-bond donors (Lipinski definition) is 2. The van der Waals surface area contributed by atoms with Crippen molar-refractivity contribution >= 4 is 11.8 Å². The van der Waals surface area contributed by atoms with Crippen LogP contribution in [0.5, 0.6) is 11.5 Å². The molecule has 0 fully saturated rings. The van der Waals surface area contributed by atoms with Gasteiger partial charge in [0.05, 0.1) is 6.61 Å². The maximum Gasteiger partial charge on any atom is 0.333 e. The Bertz CT molecular complexity index is 593. The summed E-state index contributed by atoms with van der Waals surface area (Å²) in [5.41, 5.74) is 0.520. The Hall–Kier alpha value is -2.34. The van der Waals surface area contributed by atoms with Gasteiger partial charge in [0.25, 0.3) is 0 Å². The third-order valence-corrected chi connectivity index (χ3v) is 3.24. The number of Topliss-reactive ketones (excluding diaryl/α,β-unsaturated/α-hetero) is 1. The molecule has 0 spiro atoms. The van der Waals surface area contributed by atoms with Crippen LogP contribution in [-0.4, -0.2) is 40.8 Å². The van der Waals surface area contributed by atoms with E-state index in [9.17, 15) is 19.8 Å². The van der Waals surface area contributed by atoms with Gasteiger partial charge in [-0.15, -0.1) is 0 Å². The number of ether oxygens (including phenoxy) is 2. The number of carbonyl (C=O) groups excluding carboxylic acids is 2. The highest BCUT2D eigenvalue weighted by molar-refractivity contribution is 5.99. The molecule has 0 radical (unpaired) electrons. The van der Waals surface area contributed by atoms with E-state index in [4.69, 9.17) is 9.47 Å². The summed E-state index contributed by atoms with van der Waals surface area (Å²) in [6.45, 7) is 8.54. The van der Waals surface area contributed by atoms with Crippen molar-refractivity contribution in [3.8, 4) is 11.5 Å². The van der Waals surface area contributed by atoms with Gasteiger partial charge in [0.2, 0.25) is 0 Å². The molecule has 0 aliphatic carbocycles. The largest absolute Gasteiger partial charge is 0.504 e. The Balaban J connectivity index is 2.61. The van der Waals surface area contributed by atoms with E-state index in [2.05, 4.69) is 6.58 Å². The van der Waals surface area contributed by atoms with E-state index in [1.807, 2.05) is 6.92 Å². The Labute approximate surface area is 135 Å². The van der Waals surface area contributed by atoms with Crippen LogP contribution in [-0.2, 0) is 14.3 Å². The zero-order valence-electron chi connectivity index (χ0n) is 13.5. The number of phenols is 2. The van der Waals surface area contributed by atoms with E-state index < -0.39 is 18.2 Å². The van der Waals surface area contributed by atoms with E-state index in [-0.39, 0.29) is 29.5 Å². The van der Waals surface area contributed by atoms with E-state index in [0.717, 1.165) is 0 Å². The van der Waals surface area contributed by atoms with Crippen molar-refractivity contribution in [1.82, 2.24) is 0 Å². The number of phenolic OH excluding ortho intramolecular Hbond substituents is 2. The molecule has 0 aliphatic rings. The van der Waals surface area contributed by atoms with Crippen LogP contribution in [0.4, 0.5) is 0 Å². The van der Waals surface area contributed by atoms with Crippen LogP contribution in [0.15, 0.2) is 30.4 Å². The number of ketones is 1. The summed E-state index contributed by atoms with van der Waals surface area (Å²) < 4.78 is 10.6. The Morgan fingerprint density at radius 3 is 2.43 bits per heavy atom. The van der Waals surface area contributed by atoms with E-state index >= 15 is 0 Å². The monoisotopic (exact) mass is 322 g/mol. The highest BCUT2D eigenvalue weighted by Gasteiger charge is 2.20. The van der Waals surface area contributed by atoms with Crippen LogP contribution in [0.1, 0.15) is 37.6 Å². The molecule has 0 amide bonds. The lowest BCUT2D eigenvalue weighted by atomic mass is 10.1. The fourth-order valence-corrected chi connectivity index (χ4v) is 1.73. The van der Waals surface area contributed by atoms with Gasteiger partial charge in [-0.1, -0.05) is 13.5 Å². The molecular formula is C17H22O6. The third-order valence-electron chi connectivity index (χ3n) is 3.24. The van der Waals surface area contributed by atoms with Gasteiger partial charge in [0.1, 0.15) is 12.2 Å². The van der Waals surface area contributed by atoms with E-state index in [1.54, 1.807) is 13.8 Å². The average molecular weight is 322 g/mol. The van der Waals surface area contributed by atoms with Gasteiger partial charge < -0.3 is 19.7 Å². The number of carbonyl (C=O) groups is 2. The van der Waals surface area contributed by atoms with Crippen LogP contribution in [0.25, 0.3) is 0 Å². The molecular weight excluding hydrogens is 300 g/mol. The predicted molar refractivity (Wildman–Crippen MR) is 84.5 cm³/mol. The second-order valence-electron chi connectivity index (χ2n) is 5.26. The molecule has 0 saturated heterocycles. The number of rotatable bonds is 8. The average Bonchev–Trinajstić information content (AvgIpc) is 2.52. The summed E-state index contributed by atoms with van der Waals surface area (Å²) in [7, 11) is 0. The first kappa shape index (κ1) is 18.7. The van der Waals surface area contributed by atoms with Crippen LogP contribution >= 0.6 is 0 Å². The molecule has 1 aromatic rings. The summed E-state index contributed by atoms with van der Waals surface area (Å²) in [6, 6.07) is 3.81. The van der Waals surface area contributed by atoms with Gasteiger partial charge in [0.15, 0.2) is 17.3 Å². The van der Waals surface area contributed by atoms with Crippen LogP contribution in [0.3, 0.4) is 0 Å². The van der Waals surface area contributed by atoms with Gasteiger partial charge in [0, 0.05) is 11.1 Å². The summed E-state index contributed by atoms with van der Waals surface area (Å²) in [5, 5.41) is 18.7. The molecule has 2 unspecified atom stereocenters. The van der Waals surface area contributed by atoms with Crippen molar-refractivity contribution in [3.05, 3.63) is 35.9 Å². The molecule has 6 nitrogen and oxygen atoms in total. The van der Waals surface area contributed by atoms with Crippen molar-refractivity contribution in [1.29, 1.82) is 0 Å². The molecule has 0 aliphatic heterocycles. The first-order valence-electron chi connectivity index (χ1n) is 7.30. The summed E-state index contributed by atoms with van der Waals surface area (Å²) in [4.78, 5) is 23.7. The highest BCUT2D eigenvalue weighted by atomic mass is 16.6. The number of esters is 1. The quantitative estimate of drug-likeness (QED) is 0.331. The standard InChI is InChI=1S/C17H22O6/c1-5-13(23-17(21)10(2)3)9-22-11(4)16(20)12-6-7-14(18)15(19)8-12/h6-8,11,13,18-19H,2,5,9H2,1,3-4H3. The van der Waals surface area contributed by atoms with Gasteiger partial charge in [-0.05, 0) is 38.5 Å². The SMILES string of the molecule is C=C(C)C(=O)OC(CC)COC(C)C(=O)c1ccc(O)c(O)c1. The van der Waals surface area contributed by atoms with Gasteiger partial charge >= 0.3 is 5.97 Å². The topological polar surface area (TPSA) is 93.1 Å². The van der Waals surface area contributed by atoms with Crippen LogP contribution in [0.2, 0.25) is 0 Å². The second-order valence-corrected chi connectivity index (χ2v) is 5.26. The summed E-state index contributed by atoms with van der Waals surface area (Å²) in [6.07, 6.45) is -0.709. The molecule has 2 atom stereocenters. The molecule has 1 rings (SSSR count). The lowest BCUT2D eigenvalue weighted by Crippen LogP contribution is -2.29. The minimum atomic E-state index is -0.781. The fraction of sp³-hybridized carbons (Fsp3) is 0.412. The maximum absolute atomic E-state index is 12.2. The van der Waals surface area contributed by atoms with Gasteiger partial charge in [-0.3, -0.25) is 4.79 Å².